The van der Waals surface area contributed by atoms with E-state index in [1.807, 2.05) is 18.2 Å². The molecule has 1 heteroatoms. The molecule has 3 aromatic rings. The van der Waals surface area contributed by atoms with E-state index in [4.69, 9.17) is 4.74 Å². The third-order valence-electron chi connectivity index (χ3n) is 3.72. The third kappa shape index (κ3) is 3.84. The minimum absolute atomic E-state index is 0.652. The zero-order chi connectivity index (χ0) is 15.0. The van der Waals surface area contributed by atoms with Gasteiger partial charge in [-0.15, -0.1) is 0 Å². The fourth-order valence-electron chi connectivity index (χ4n) is 2.59. The van der Waals surface area contributed by atoms with Crippen molar-refractivity contribution in [1.29, 1.82) is 0 Å². The lowest BCUT2D eigenvalue weighted by molar-refractivity contribution is 0.166. The molecule has 0 bridgehead atoms. The van der Waals surface area contributed by atoms with Crippen molar-refractivity contribution in [1.82, 2.24) is 0 Å². The minimum Gasteiger partial charge on any atom is -0.377 e. The Kier molecular flexibility index (Phi) is 5.01. The molecule has 0 aliphatic carbocycles. The Morgan fingerprint density at radius 1 is 0.773 bits per heavy atom. The lowest BCUT2D eigenvalue weighted by atomic mass is 10.0. The van der Waals surface area contributed by atoms with E-state index in [1.165, 1.54) is 21.9 Å². The second kappa shape index (κ2) is 7.58. The summed E-state index contributed by atoms with van der Waals surface area (Å²) in [6.45, 7) is 1.40. The molecule has 22 heavy (non-hydrogen) atoms. The fourth-order valence-corrected chi connectivity index (χ4v) is 2.59. The first-order valence-corrected chi connectivity index (χ1v) is 7.69. The molecule has 0 amide bonds. The molecule has 0 aliphatic rings. The third-order valence-corrected chi connectivity index (χ3v) is 3.72. The Balaban J connectivity index is 1.50. The Labute approximate surface area is 131 Å². The van der Waals surface area contributed by atoms with Gasteiger partial charge in [-0.1, -0.05) is 84.9 Å². The fraction of sp³-hybridized carbons (Fsp3) is 0.143. The van der Waals surface area contributed by atoms with E-state index in [1.54, 1.807) is 0 Å². The van der Waals surface area contributed by atoms with Crippen LogP contribution in [-0.4, -0.2) is 13.2 Å². The van der Waals surface area contributed by atoms with Gasteiger partial charge in [0.25, 0.3) is 0 Å². The van der Waals surface area contributed by atoms with Crippen LogP contribution in [0.25, 0.3) is 16.8 Å². The van der Waals surface area contributed by atoms with Gasteiger partial charge in [-0.05, 0) is 28.3 Å². The zero-order valence-electron chi connectivity index (χ0n) is 12.6. The zero-order valence-corrected chi connectivity index (χ0v) is 12.6. The summed E-state index contributed by atoms with van der Waals surface area (Å²) in [4.78, 5) is 0. The summed E-state index contributed by atoms with van der Waals surface area (Å²) in [7, 11) is 0. The average molecular weight is 288 g/mol. The monoisotopic (exact) mass is 288 g/mol. The summed E-state index contributed by atoms with van der Waals surface area (Å²) in [6.07, 6.45) is 5.11. The number of hydrogen-bond acceptors (Lipinski definition) is 1. The number of ether oxygens (including phenoxy) is 1. The molecule has 1 nitrogen and oxygen atoms in total. The van der Waals surface area contributed by atoms with Crippen LogP contribution in [0.2, 0.25) is 0 Å². The van der Waals surface area contributed by atoms with Gasteiger partial charge in [0.2, 0.25) is 0 Å². The first kappa shape index (κ1) is 14.6. The van der Waals surface area contributed by atoms with Crippen molar-refractivity contribution in [2.45, 2.75) is 6.42 Å². The molecule has 0 unspecified atom stereocenters. The van der Waals surface area contributed by atoms with Crippen molar-refractivity contribution in [2.24, 2.45) is 0 Å². The molecule has 110 valence electrons. The molecule has 0 saturated carbocycles. The summed E-state index contributed by atoms with van der Waals surface area (Å²) < 4.78 is 5.72. The smallest absolute Gasteiger partial charge is 0.0650 e. The maximum absolute atomic E-state index is 5.72. The Morgan fingerprint density at radius 2 is 1.55 bits per heavy atom. The van der Waals surface area contributed by atoms with E-state index in [0.29, 0.717) is 6.61 Å². The predicted octanol–water partition coefficient (Wildman–Crippen LogP) is 5.11. The molecule has 0 saturated heterocycles. The lowest BCUT2D eigenvalue weighted by Gasteiger charge is -2.06. The normalized spacial score (nSPS) is 11.3. The van der Waals surface area contributed by atoms with Crippen LogP contribution in [0.5, 0.6) is 0 Å². The lowest BCUT2D eigenvalue weighted by Crippen LogP contribution is -1.99. The van der Waals surface area contributed by atoms with Crippen molar-refractivity contribution in [3.8, 4) is 0 Å². The van der Waals surface area contributed by atoms with Crippen LogP contribution in [0.4, 0.5) is 0 Å². The highest BCUT2D eigenvalue weighted by Crippen LogP contribution is 2.18. The van der Waals surface area contributed by atoms with E-state index < -0.39 is 0 Å². The van der Waals surface area contributed by atoms with Gasteiger partial charge in [0.15, 0.2) is 0 Å². The van der Waals surface area contributed by atoms with Gasteiger partial charge in [-0.3, -0.25) is 0 Å². The van der Waals surface area contributed by atoms with Crippen LogP contribution in [0.3, 0.4) is 0 Å². The number of fused-ring (bicyclic) bond motifs is 1. The maximum atomic E-state index is 5.72. The molecule has 0 aromatic heterocycles. The Morgan fingerprint density at radius 3 is 2.45 bits per heavy atom. The van der Waals surface area contributed by atoms with Gasteiger partial charge in [-0.2, -0.15) is 0 Å². The molecule has 0 atom stereocenters. The molecule has 0 aliphatic heterocycles. The van der Waals surface area contributed by atoms with Gasteiger partial charge >= 0.3 is 0 Å². The number of benzene rings is 3. The Bertz CT molecular complexity index is 739. The molecule has 0 spiro atoms. The molecule has 3 aromatic carbocycles. The molecule has 0 fully saturated rings. The summed E-state index contributed by atoms with van der Waals surface area (Å²) in [5, 5.41) is 2.62. The second-order valence-electron chi connectivity index (χ2n) is 5.28. The van der Waals surface area contributed by atoms with E-state index in [0.717, 1.165) is 13.0 Å². The highest BCUT2D eigenvalue weighted by atomic mass is 16.5. The first-order valence-electron chi connectivity index (χ1n) is 7.69. The van der Waals surface area contributed by atoms with Crippen LogP contribution in [0.15, 0.2) is 78.9 Å². The van der Waals surface area contributed by atoms with Gasteiger partial charge < -0.3 is 4.74 Å². The van der Waals surface area contributed by atoms with Crippen LogP contribution < -0.4 is 0 Å². The largest absolute Gasteiger partial charge is 0.377 e. The predicted molar refractivity (Wildman–Crippen MR) is 93.9 cm³/mol. The molecule has 0 radical (unpaired) electrons. The van der Waals surface area contributed by atoms with Gasteiger partial charge in [0.05, 0.1) is 13.2 Å². The topological polar surface area (TPSA) is 9.23 Å². The van der Waals surface area contributed by atoms with Crippen LogP contribution >= 0.6 is 0 Å². The van der Waals surface area contributed by atoms with E-state index in [9.17, 15) is 0 Å². The SMILES string of the molecule is C(=Cc1ccccc1)COCCc1cccc2ccccc12. The van der Waals surface area contributed by atoms with Crippen LogP contribution in [0.1, 0.15) is 11.1 Å². The summed E-state index contributed by atoms with van der Waals surface area (Å²) >= 11 is 0. The quantitative estimate of drug-likeness (QED) is 0.573. The summed E-state index contributed by atoms with van der Waals surface area (Å²) in [6, 6.07) is 25.3. The van der Waals surface area contributed by atoms with Gasteiger partial charge in [0.1, 0.15) is 0 Å². The highest BCUT2D eigenvalue weighted by molar-refractivity contribution is 5.85. The van der Waals surface area contributed by atoms with E-state index in [-0.39, 0.29) is 0 Å². The van der Waals surface area contributed by atoms with Gasteiger partial charge in [-0.25, -0.2) is 0 Å². The van der Waals surface area contributed by atoms with E-state index in [2.05, 4.69) is 66.7 Å². The summed E-state index contributed by atoms with van der Waals surface area (Å²) in [5.74, 6) is 0. The maximum Gasteiger partial charge on any atom is 0.0650 e. The standard InChI is InChI=1S/C21H20O/c1-2-8-18(9-3-1)10-7-16-22-17-15-20-13-6-12-19-11-4-5-14-21(19)20/h1-14H,15-17H2. The van der Waals surface area contributed by atoms with Crippen molar-refractivity contribution in [2.75, 3.05) is 13.2 Å². The number of hydrogen-bond donors (Lipinski definition) is 0. The summed E-state index contributed by atoms with van der Waals surface area (Å²) in [5.41, 5.74) is 2.56. The Hall–Kier alpha value is -2.38. The van der Waals surface area contributed by atoms with Gasteiger partial charge in [0, 0.05) is 0 Å². The van der Waals surface area contributed by atoms with Crippen LogP contribution in [-0.2, 0) is 11.2 Å². The van der Waals surface area contributed by atoms with Crippen LogP contribution in [0, 0.1) is 0 Å². The molecular formula is C21H20O. The van der Waals surface area contributed by atoms with Crippen molar-refractivity contribution >= 4 is 16.8 Å². The molecule has 0 N–H and O–H groups in total. The van der Waals surface area contributed by atoms with Crippen molar-refractivity contribution in [3.63, 3.8) is 0 Å². The second-order valence-corrected chi connectivity index (χ2v) is 5.28. The molecule has 3 rings (SSSR count). The number of rotatable bonds is 6. The van der Waals surface area contributed by atoms with E-state index >= 15 is 0 Å². The highest BCUT2D eigenvalue weighted by Gasteiger charge is 1.99. The van der Waals surface area contributed by atoms with Crippen molar-refractivity contribution in [3.05, 3.63) is 90.0 Å². The first-order chi connectivity index (χ1) is 10.9. The molecular weight excluding hydrogens is 268 g/mol. The minimum atomic E-state index is 0.652. The average Bonchev–Trinajstić information content (AvgIpc) is 2.59. The van der Waals surface area contributed by atoms with Crippen molar-refractivity contribution < 1.29 is 4.74 Å². The molecule has 0 heterocycles.